The highest BCUT2D eigenvalue weighted by atomic mass is 16.5. The standard InChI is InChI=1S/C31H32N2O6/c1-4-6-7-15-37-26-14-11-20(17-28(26)36-5-2)29-24-13-12-23(18-27(24)39-30(33)25(29)19-32)38-31(34)21-9-8-10-22(16-21)35-3/h8-14,16-18,29H,4-7,15,33H2,1-3H3. The number of benzene rings is 3. The molecule has 0 fully saturated rings. The van der Waals surface area contributed by atoms with Crippen molar-refractivity contribution in [2.45, 2.75) is 39.0 Å². The molecule has 0 aliphatic carbocycles. The molecule has 1 atom stereocenters. The molecule has 0 amide bonds. The summed E-state index contributed by atoms with van der Waals surface area (Å²) in [7, 11) is 1.53. The third kappa shape index (κ3) is 6.27. The molecule has 0 aromatic heterocycles. The van der Waals surface area contributed by atoms with Crippen LogP contribution >= 0.6 is 0 Å². The quantitative estimate of drug-likeness (QED) is 0.180. The molecule has 0 bridgehead atoms. The van der Waals surface area contributed by atoms with Crippen LogP contribution in [-0.4, -0.2) is 26.3 Å². The number of carbonyl (C=O) groups excluding carboxylic acids is 1. The second-order valence-electron chi connectivity index (χ2n) is 8.94. The van der Waals surface area contributed by atoms with Gasteiger partial charge in [-0.15, -0.1) is 0 Å². The maximum absolute atomic E-state index is 12.7. The van der Waals surface area contributed by atoms with E-state index < -0.39 is 11.9 Å². The average Bonchev–Trinajstić information content (AvgIpc) is 2.95. The molecule has 1 unspecified atom stereocenters. The average molecular weight is 529 g/mol. The predicted octanol–water partition coefficient (Wildman–Crippen LogP) is 6.10. The third-order valence-electron chi connectivity index (χ3n) is 6.31. The van der Waals surface area contributed by atoms with Crippen LogP contribution in [0, 0.1) is 11.3 Å². The number of rotatable bonds is 11. The number of carbonyl (C=O) groups is 1. The Hall–Kier alpha value is -4.64. The number of fused-ring (bicyclic) bond motifs is 1. The molecule has 8 heteroatoms. The van der Waals surface area contributed by atoms with E-state index in [4.69, 9.17) is 29.4 Å². The number of nitrogens with zero attached hydrogens (tertiary/aromatic N) is 1. The molecule has 202 valence electrons. The van der Waals surface area contributed by atoms with Gasteiger partial charge in [-0.2, -0.15) is 5.26 Å². The second kappa shape index (κ2) is 12.7. The van der Waals surface area contributed by atoms with Crippen molar-refractivity contribution in [2.24, 2.45) is 5.73 Å². The Kier molecular flexibility index (Phi) is 8.95. The molecular formula is C31H32N2O6. The molecule has 0 radical (unpaired) electrons. The number of nitrogens with two attached hydrogens (primary N) is 1. The van der Waals surface area contributed by atoms with Crippen LogP contribution in [0.25, 0.3) is 0 Å². The number of hydrogen-bond acceptors (Lipinski definition) is 8. The minimum absolute atomic E-state index is 0.0101. The van der Waals surface area contributed by atoms with E-state index in [0.717, 1.165) is 24.8 Å². The van der Waals surface area contributed by atoms with Crippen LogP contribution in [0.4, 0.5) is 0 Å². The van der Waals surface area contributed by atoms with Gasteiger partial charge in [0.1, 0.15) is 28.9 Å². The zero-order valence-electron chi connectivity index (χ0n) is 22.4. The lowest BCUT2D eigenvalue weighted by Gasteiger charge is -2.27. The lowest BCUT2D eigenvalue weighted by atomic mass is 9.83. The first-order valence-electron chi connectivity index (χ1n) is 13.0. The molecule has 0 spiro atoms. The second-order valence-corrected chi connectivity index (χ2v) is 8.94. The summed E-state index contributed by atoms with van der Waals surface area (Å²) in [5.74, 6) is 1.41. The smallest absolute Gasteiger partial charge is 0.343 e. The molecule has 1 aliphatic rings. The summed E-state index contributed by atoms with van der Waals surface area (Å²) >= 11 is 0. The van der Waals surface area contributed by atoms with Crippen molar-refractivity contribution in [2.75, 3.05) is 20.3 Å². The van der Waals surface area contributed by atoms with Gasteiger partial charge in [0.2, 0.25) is 5.88 Å². The van der Waals surface area contributed by atoms with Gasteiger partial charge < -0.3 is 29.4 Å². The topological polar surface area (TPSA) is 113 Å². The van der Waals surface area contributed by atoms with Crippen molar-refractivity contribution in [1.29, 1.82) is 5.26 Å². The van der Waals surface area contributed by atoms with Gasteiger partial charge in [0, 0.05) is 11.6 Å². The van der Waals surface area contributed by atoms with Crippen molar-refractivity contribution in [3.05, 3.63) is 88.8 Å². The number of unbranched alkanes of at least 4 members (excludes halogenated alkanes) is 2. The van der Waals surface area contributed by atoms with Crippen molar-refractivity contribution in [3.8, 4) is 34.8 Å². The van der Waals surface area contributed by atoms with Gasteiger partial charge >= 0.3 is 5.97 Å². The van der Waals surface area contributed by atoms with E-state index in [-0.39, 0.29) is 17.2 Å². The minimum Gasteiger partial charge on any atom is -0.497 e. The van der Waals surface area contributed by atoms with E-state index in [1.165, 1.54) is 7.11 Å². The Bertz CT molecular complexity index is 1410. The van der Waals surface area contributed by atoms with Crippen LogP contribution < -0.4 is 29.4 Å². The predicted molar refractivity (Wildman–Crippen MR) is 146 cm³/mol. The molecule has 8 nitrogen and oxygen atoms in total. The number of methoxy groups -OCH3 is 1. The zero-order chi connectivity index (χ0) is 27.8. The summed E-state index contributed by atoms with van der Waals surface area (Å²) in [5.41, 5.74) is 8.31. The molecule has 1 heterocycles. The van der Waals surface area contributed by atoms with Crippen LogP contribution in [0.15, 0.2) is 72.1 Å². The fraction of sp³-hybridized carbons (Fsp3) is 0.290. The fourth-order valence-electron chi connectivity index (χ4n) is 4.38. The Balaban J connectivity index is 1.64. The van der Waals surface area contributed by atoms with Crippen molar-refractivity contribution >= 4 is 5.97 Å². The molecule has 1 aliphatic heterocycles. The first-order valence-corrected chi connectivity index (χ1v) is 13.0. The summed E-state index contributed by atoms with van der Waals surface area (Å²) in [6, 6.07) is 19.6. The first-order chi connectivity index (χ1) is 19.0. The van der Waals surface area contributed by atoms with Crippen LogP contribution in [-0.2, 0) is 0 Å². The van der Waals surface area contributed by atoms with E-state index >= 15 is 0 Å². The van der Waals surface area contributed by atoms with E-state index in [1.807, 2.05) is 25.1 Å². The van der Waals surface area contributed by atoms with Crippen molar-refractivity contribution < 1.29 is 28.5 Å². The monoisotopic (exact) mass is 528 g/mol. The van der Waals surface area contributed by atoms with Crippen LogP contribution in [0.3, 0.4) is 0 Å². The summed E-state index contributed by atoms with van der Waals surface area (Å²) in [6.07, 6.45) is 3.16. The molecule has 3 aromatic rings. The highest BCUT2D eigenvalue weighted by Crippen LogP contribution is 2.45. The number of esters is 1. The Morgan fingerprint density at radius 3 is 2.59 bits per heavy atom. The lowest BCUT2D eigenvalue weighted by Crippen LogP contribution is -2.21. The molecule has 0 saturated heterocycles. The summed E-state index contributed by atoms with van der Waals surface area (Å²) in [4.78, 5) is 12.7. The van der Waals surface area contributed by atoms with E-state index in [1.54, 1.807) is 42.5 Å². The van der Waals surface area contributed by atoms with Crippen molar-refractivity contribution in [1.82, 2.24) is 0 Å². The number of nitriles is 1. The fourth-order valence-corrected chi connectivity index (χ4v) is 4.38. The minimum atomic E-state index is -0.543. The Morgan fingerprint density at radius 2 is 1.85 bits per heavy atom. The van der Waals surface area contributed by atoms with E-state index in [0.29, 0.717) is 47.3 Å². The number of allylic oxidation sites excluding steroid dienone is 1. The van der Waals surface area contributed by atoms with E-state index in [2.05, 4.69) is 13.0 Å². The summed E-state index contributed by atoms with van der Waals surface area (Å²) < 4.78 is 28.4. The van der Waals surface area contributed by atoms with Crippen LogP contribution in [0.1, 0.15) is 60.5 Å². The molecule has 0 saturated carbocycles. The van der Waals surface area contributed by atoms with Gasteiger partial charge in [-0.1, -0.05) is 38.0 Å². The molecule has 4 rings (SSSR count). The molecule has 3 aromatic carbocycles. The Morgan fingerprint density at radius 1 is 1.00 bits per heavy atom. The van der Waals surface area contributed by atoms with Gasteiger partial charge in [0.25, 0.3) is 0 Å². The van der Waals surface area contributed by atoms with Crippen molar-refractivity contribution in [3.63, 3.8) is 0 Å². The van der Waals surface area contributed by atoms with Crippen LogP contribution in [0.2, 0.25) is 0 Å². The van der Waals surface area contributed by atoms with Gasteiger partial charge in [-0.05, 0) is 55.3 Å². The number of hydrogen-bond donors (Lipinski definition) is 1. The largest absolute Gasteiger partial charge is 0.497 e. The maximum atomic E-state index is 12.7. The Labute approximate surface area is 228 Å². The van der Waals surface area contributed by atoms with Gasteiger partial charge in [-0.25, -0.2) is 4.79 Å². The maximum Gasteiger partial charge on any atom is 0.343 e. The number of ether oxygens (including phenoxy) is 5. The summed E-state index contributed by atoms with van der Waals surface area (Å²) in [5, 5.41) is 9.95. The first kappa shape index (κ1) is 27.4. The SMILES string of the molecule is CCCCCOc1ccc(C2C(C#N)=C(N)Oc3cc(OC(=O)c4cccc(OC)c4)ccc32)cc1OCC. The molecule has 39 heavy (non-hydrogen) atoms. The lowest BCUT2D eigenvalue weighted by molar-refractivity contribution is 0.0734. The highest BCUT2D eigenvalue weighted by Gasteiger charge is 2.32. The normalized spacial score (nSPS) is 14.1. The molecule has 2 N–H and O–H groups in total. The zero-order valence-corrected chi connectivity index (χ0v) is 22.4. The highest BCUT2D eigenvalue weighted by molar-refractivity contribution is 5.91. The third-order valence-corrected chi connectivity index (χ3v) is 6.31. The van der Waals surface area contributed by atoms with Crippen LogP contribution in [0.5, 0.6) is 28.7 Å². The van der Waals surface area contributed by atoms with Gasteiger partial charge in [0.15, 0.2) is 11.5 Å². The summed E-state index contributed by atoms with van der Waals surface area (Å²) in [6.45, 7) is 5.11. The van der Waals surface area contributed by atoms with Gasteiger partial charge in [0.05, 0.1) is 31.8 Å². The molecular weight excluding hydrogens is 496 g/mol. The van der Waals surface area contributed by atoms with Gasteiger partial charge in [-0.3, -0.25) is 0 Å². The van der Waals surface area contributed by atoms with E-state index in [9.17, 15) is 10.1 Å².